The monoisotopic (exact) mass is 262 g/mol. The van der Waals surface area contributed by atoms with E-state index in [0.29, 0.717) is 6.54 Å². The van der Waals surface area contributed by atoms with Gasteiger partial charge in [-0.15, -0.1) is 0 Å². The van der Waals surface area contributed by atoms with Gasteiger partial charge in [-0.1, -0.05) is 25.1 Å². The SMILES string of the molecule is CCCNCc1ccc2c(c1)CCN(C(=O)OC)C2. The van der Waals surface area contributed by atoms with Gasteiger partial charge in [-0.3, -0.25) is 0 Å². The lowest BCUT2D eigenvalue weighted by Crippen LogP contribution is -2.35. The number of methoxy groups -OCH3 is 1. The summed E-state index contributed by atoms with van der Waals surface area (Å²) in [6, 6.07) is 6.53. The smallest absolute Gasteiger partial charge is 0.409 e. The van der Waals surface area contributed by atoms with Crippen molar-refractivity contribution < 1.29 is 9.53 Å². The zero-order valence-corrected chi connectivity index (χ0v) is 11.7. The summed E-state index contributed by atoms with van der Waals surface area (Å²) in [7, 11) is 1.43. The average molecular weight is 262 g/mol. The molecule has 1 aromatic carbocycles. The zero-order valence-electron chi connectivity index (χ0n) is 11.7. The molecule has 0 saturated heterocycles. The van der Waals surface area contributed by atoms with E-state index in [0.717, 1.165) is 32.5 Å². The Hall–Kier alpha value is -1.55. The Morgan fingerprint density at radius 1 is 1.42 bits per heavy atom. The highest BCUT2D eigenvalue weighted by atomic mass is 16.5. The van der Waals surface area contributed by atoms with Gasteiger partial charge in [0.2, 0.25) is 0 Å². The van der Waals surface area contributed by atoms with Crippen LogP contribution in [0.4, 0.5) is 4.79 Å². The van der Waals surface area contributed by atoms with Gasteiger partial charge in [-0.2, -0.15) is 0 Å². The number of fused-ring (bicyclic) bond motifs is 1. The minimum absolute atomic E-state index is 0.237. The summed E-state index contributed by atoms with van der Waals surface area (Å²) in [6.45, 7) is 5.53. The lowest BCUT2D eigenvalue weighted by Gasteiger charge is -2.28. The van der Waals surface area contributed by atoms with E-state index in [1.165, 1.54) is 23.8 Å². The molecule has 1 heterocycles. The first-order valence-electron chi connectivity index (χ1n) is 6.89. The van der Waals surface area contributed by atoms with Crippen LogP contribution < -0.4 is 5.32 Å². The second-order valence-corrected chi connectivity index (χ2v) is 4.92. The number of rotatable bonds is 4. The van der Waals surface area contributed by atoms with Crippen LogP contribution in [0.15, 0.2) is 18.2 Å². The van der Waals surface area contributed by atoms with E-state index >= 15 is 0 Å². The van der Waals surface area contributed by atoms with Crippen LogP contribution in [0.1, 0.15) is 30.0 Å². The van der Waals surface area contributed by atoms with Crippen molar-refractivity contribution in [3.8, 4) is 0 Å². The number of amides is 1. The van der Waals surface area contributed by atoms with Crippen LogP contribution in [0.2, 0.25) is 0 Å². The van der Waals surface area contributed by atoms with Crippen LogP contribution in [-0.4, -0.2) is 31.2 Å². The van der Waals surface area contributed by atoms with Crippen LogP contribution in [0.5, 0.6) is 0 Å². The molecule has 1 amide bonds. The summed E-state index contributed by atoms with van der Waals surface area (Å²) < 4.78 is 4.77. The quantitative estimate of drug-likeness (QED) is 0.847. The molecule has 0 spiro atoms. The molecule has 2 rings (SSSR count). The molecule has 0 atom stereocenters. The van der Waals surface area contributed by atoms with E-state index in [2.05, 4.69) is 30.4 Å². The van der Waals surface area contributed by atoms with Gasteiger partial charge in [0.1, 0.15) is 0 Å². The highest BCUT2D eigenvalue weighted by molar-refractivity contribution is 5.68. The maximum absolute atomic E-state index is 11.5. The first kappa shape index (κ1) is 13.9. The van der Waals surface area contributed by atoms with E-state index < -0.39 is 0 Å². The lowest BCUT2D eigenvalue weighted by atomic mass is 9.97. The van der Waals surface area contributed by atoms with Crippen molar-refractivity contribution >= 4 is 6.09 Å². The van der Waals surface area contributed by atoms with Gasteiger partial charge in [-0.05, 0) is 36.1 Å². The predicted octanol–water partition coefficient (Wildman–Crippen LogP) is 2.31. The number of ether oxygens (including phenoxy) is 1. The number of carbonyl (C=O) groups excluding carboxylic acids is 1. The number of benzene rings is 1. The largest absolute Gasteiger partial charge is 0.453 e. The van der Waals surface area contributed by atoms with Crippen molar-refractivity contribution in [3.63, 3.8) is 0 Å². The van der Waals surface area contributed by atoms with Crippen molar-refractivity contribution in [3.05, 3.63) is 34.9 Å². The number of hydrogen-bond donors (Lipinski definition) is 1. The van der Waals surface area contributed by atoms with Gasteiger partial charge in [0.15, 0.2) is 0 Å². The minimum Gasteiger partial charge on any atom is -0.453 e. The Kier molecular flexibility index (Phi) is 4.80. The van der Waals surface area contributed by atoms with E-state index in [4.69, 9.17) is 4.74 Å². The summed E-state index contributed by atoms with van der Waals surface area (Å²) in [4.78, 5) is 13.3. The van der Waals surface area contributed by atoms with E-state index in [9.17, 15) is 4.79 Å². The fourth-order valence-corrected chi connectivity index (χ4v) is 2.41. The van der Waals surface area contributed by atoms with Gasteiger partial charge in [0, 0.05) is 19.6 Å². The van der Waals surface area contributed by atoms with E-state index in [1.54, 1.807) is 4.90 Å². The van der Waals surface area contributed by atoms with Crippen molar-refractivity contribution in [2.45, 2.75) is 32.9 Å². The highest BCUT2D eigenvalue weighted by Crippen LogP contribution is 2.20. The second-order valence-electron chi connectivity index (χ2n) is 4.92. The molecule has 4 heteroatoms. The average Bonchev–Trinajstić information content (AvgIpc) is 2.46. The molecule has 4 nitrogen and oxygen atoms in total. The standard InChI is InChI=1S/C15H22N2O2/c1-3-7-16-10-12-4-5-14-11-17(15(18)19-2)8-6-13(14)9-12/h4-5,9,16H,3,6-8,10-11H2,1-2H3. The molecule has 1 aliphatic rings. The second kappa shape index (κ2) is 6.57. The molecule has 0 bridgehead atoms. The lowest BCUT2D eigenvalue weighted by molar-refractivity contribution is 0.118. The summed E-state index contributed by atoms with van der Waals surface area (Å²) in [5, 5.41) is 3.41. The molecular formula is C15H22N2O2. The minimum atomic E-state index is -0.237. The third-order valence-corrected chi connectivity index (χ3v) is 3.47. The number of nitrogens with zero attached hydrogens (tertiary/aromatic N) is 1. The Bertz CT molecular complexity index is 446. The Labute approximate surface area is 114 Å². The van der Waals surface area contributed by atoms with Crippen molar-refractivity contribution in [2.75, 3.05) is 20.2 Å². The molecule has 19 heavy (non-hydrogen) atoms. The molecule has 104 valence electrons. The van der Waals surface area contributed by atoms with Crippen LogP contribution >= 0.6 is 0 Å². The van der Waals surface area contributed by atoms with Gasteiger partial charge < -0.3 is 15.0 Å². The molecule has 0 saturated carbocycles. The molecular weight excluding hydrogens is 240 g/mol. The molecule has 1 N–H and O–H groups in total. The summed E-state index contributed by atoms with van der Waals surface area (Å²) in [5.74, 6) is 0. The number of nitrogens with one attached hydrogen (secondary N) is 1. The molecule has 0 radical (unpaired) electrons. The summed E-state index contributed by atoms with van der Waals surface area (Å²) in [6.07, 6.45) is 1.82. The summed E-state index contributed by atoms with van der Waals surface area (Å²) >= 11 is 0. The Balaban J connectivity index is 2.01. The third-order valence-electron chi connectivity index (χ3n) is 3.47. The van der Waals surface area contributed by atoms with E-state index in [-0.39, 0.29) is 6.09 Å². The topological polar surface area (TPSA) is 41.6 Å². The molecule has 0 unspecified atom stereocenters. The molecule has 0 fully saturated rings. The van der Waals surface area contributed by atoms with Crippen LogP contribution in [0, 0.1) is 0 Å². The first-order valence-corrected chi connectivity index (χ1v) is 6.89. The number of hydrogen-bond acceptors (Lipinski definition) is 3. The van der Waals surface area contributed by atoms with Crippen molar-refractivity contribution in [2.24, 2.45) is 0 Å². The van der Waals surface area contributed by atoms with Crippen LogP contribution in [0.3, 0.4) is 0 Å². The van der Waals surface area contributed by atoms with Crippen molar-refractivity contribution in [1.29, 1.82) is 0 Å². The van der Waals surface area contributed by atoms with Gasteiger partial charge >= 0.3 is 6.09 Å². The van der Waals surface area contributed by atoms with E-state index in [1.807, 2.05) is 0 Å². The maximum Gasteiger partial charge on any atom is 0.409 e. The van der Waals surface area contributed by atoms with Gasteiger partial charge in [-0.25, -0.2) is 4.79 Å². The fourth-order valence-electron chi connectivity index (χ4n) is 2.41. The molecule has 1 aromatic rings. The van der Waals surface area contributed by atoms with Crippen LogP contribution in [0.25, 0.3) is 0 Å². The normalized spacial score (nSPS) is 14.1. The maximum atomic E-state index is 11.5. The zero-order chi connectivity index (χ0) is 13.7. The first-order chi connectivity index (χ1) is 9.24. The van der Waals surface area contributed by atoms with Crippen molar-refractivity contribution in [1.82, 2.24) is 10.2 Å². The number of carbonyl (C=O) groups is 1. The van der Waals surface area contributed by atoms with Gasteiger partial charge in [0.05, 0.1) is 7.11 Å². The Morgan fingerprint density at radius 3 is 3.00 bits per heavy atom. The molecule has 1 aliphatic heterocycles. The fraction of sp³-hybridized carbons (Fsp3) is 0.533. The summed E-state index contributed by atoms with van der Waals surface area (Å²) in [5.41, 5.74) is 3.91. The molecule has 0 aliphatic carbocycles. The van der Waals surface area contributed by atoms with Crippen LogP contribution in [-0.2, 0) is 24.2 Å². The molecule has 0 aromatic heterocycles. The highest BCUT2D eigenvalue weighted by Gasteiger charge is 2.20. The Morgan fingerprint density at radius 2 is 2.26 bits per heavy atom. The third kappa shape index (κ3) is 3.47. The predicted molar refractivity (Wildman–Crippen MR) is 75.0 cm³/mol. The van der Waals surface area contributed by atoms with Gasteiger partial charge in [0.25, 0.3) is 0 Å².